The maximum absolute atomic E-state index is 12.6. The second-order valence-corrected chi connectivity index (χ2v) is 10.1. The number of benzene rings is 1. The fourth-order valence-corrected chi connectivity index (χ4v) is 6.28. The first-order valence-electron chi connectivity index (χ1n) is 12.5. The third kappa shape index (κ3) is 3.80. The van der Waals surface area contributed by atoms with Gasteiger partial charge in [-0.3, -0.25) is 10.1 Å². The highest BCUT2D eigenvalue weighted by atomic mass is 16.5. The molecule has 0 saturated heterocycles. The van der Waals surface area contributed by atoms with E-state index in [1.807, 2.05) is 0 Å². The molecule has 3 aliphatic carbocycles. The first-order chi connectivity index (χ1) is 15.6. The SMILES string of the molecule is COC(=O)C1(c2ccc(Nc3c4c(nc(CC5CCCC5)[n+]3C)CCC4)cc2)CCCC1. The predicted molar refractivity (Wildman–Crippen MR) is 125 cm³/mol. The number of ether oxygens (including phenoxy) is 1. The molecule has 1 aromatic heterocycles. The summed E-state index contributed by atoms with van der Waals surface area (Å²) in [4.78, 5) is 17.7. The van der Waals surface area contributed by atoms with Gasteiger partial charge in [0.05, 0.1) is 30.8 Å². The monoisotopic (exact) mass is 434 g/mol. The smallest absolute Gasteiger partial charge is 0.316 e. The molecule has 0 radical (unpaired) electrons. The van der Waals surface area contributed by atoms with E-state index in [2.05, 4.69) is 41.2 Å². The number of aromatic nitrogens is 2. The third-order valence-corrected chi connectivity index (χ3v) is 8.14. The number of hydrogen-bond acceptors (Lipinski definition) is 4. The van der Waals surface area contributed by atoms with E-state index >= 15 is 0 Å². The Bertz CT molecular complexity index is 987. The Hall–Kier alpha value is -2.43. The Balaban J connectivity index is 1.42. The van der Waals surface area contributed by atoms with Gasteiger partial charge in [0, 0.05) is 12.8 Å². The highest BCUT2D eigenvalue weighted by Crippen LogP contribution is 2.42. The number of rotatable bonds is 6. The standard InChI is InChI=1S/C27H35N3O2/c1-30-24(18-19-8-3-4-9-19)29-23-11-7-10-22(23)25(30)28-21-14-12-20(13-15-21)27(26(31)32-2)16-5-6-17-27/h12-15,19H,3-11,16-18H2,1-2H3/p+1. The number of methoxy groups -OCH3 is 1. The van der Waals surface area contributed by atoms with Crippen molar-refractivity contribution in [2.45, 2.75) is 82.5 Å². The molecule has 3 aliphatic rings. The number of aryl methyl sites for hydroxylation is 1. The number of fused-ring (bicyclic) bond motifs is 1. The largest absolute Gasteiger partial charge is 0.468 e. The van der Waals surface area contributed by atoms with Crippen LogP contribution in [0.5, 0.6) is 0 Å². The van der Waals surface area contributed by atoms with E-state index in [0.717, 1.165) is 62.1 Å². The zero-order valence-corrected chi connectivity index (χ0v) is 19.6. The van der Waals surface area contributed by atoms with Gasteiger partial charge in [0.15, 0.2) is 0 Å². The molecule has 32 heavy (non-hydrogen) atoms. The molecule has 2 saturated carbocycles. The van der Waals surface area contributed by atoms with Crippen LogP contribution in [0.25, 0.3) is 0 Å². The van der Waals surface area contributed by atoms with Crippen molar-refractivity contribution in [3.05, 3.63) is 46.9 Å². The van der Waals surface area contributed by atoms with Crippen LogP contribution in [0.1, 0.15) is 80.4 Å². The maximum Gasteiger partial charge on any atom is 0.316 e. The molecule has 5 rings (SSSR count). The fourth-order valence-electron chi connectivity index (χ4n) is 6.28. The first-order valence-corrected chi connectivity index (χ1v) is 12.5. The van der Waals surface area contributed by atoms with Gasteiger partial charge in [-0.1, -0.05) is 37.8 Å². The summed E-state index contributed by atoms with van der Waals surface area (Å²) in [5.41, 5.74) is 4.33. The molecule has 1 aromatic carbocycles. The van der Waals surface area contributed by atoms with Crippen molar-refractivity contribution >= 4 is 17.5 Å². The number of esters is 1. The number of hydrogen-bond donors (Lipinski definition) is 1. The quantitative estimate of drug-likeness (QED) is 0.521. The number of nitrogens with zero attached hydrogens (tertiary/aromatic N) is 2. The van der Waals surface area contributed by atoms with Crippen LogP contribution in [0.2, 0.25) is 0 Å². The summed E-state index contributed by atoms with van der Waals surface area (Å²) in [6, 6.07) is 8.48. The van der Waals surface area contributed by atoms with Gasteiger partial charge in [0.1, 0.15) is 5.69 Å². The van der Waals surface area contributed by atoms with Crippen LogP contribution in [0.15, 0.2) is 24.3 Å². The summed E-state index contributed by atoms with van der Waals surface area (Å²) < 4.78 is 7.48. The minimum atomic E-state index is -0.468. The molecule has 0 amide bonds. The maximum atomic E-state index is 12.6. The van der Waals surface area contributed by atoms with Crippen molar-refractivity contribution in [3.63, 3.8) is 0 Å². The van der Waals surface area contributed by atoms with Crippen molar-refractivity contribution in [1.82, 2.24) is 4.98 Å². The van der Waals surface area contributed by atoms with Crippen LogP contribution in [0.4, 0.5) is 11.5 Å². The Morgan fingerprint density at radius 2 is 1.81 bits per heavy atom. The number of carbonyl (C=O) groups excluding carboxylic acids is 1. The van der Waals surface area contributed by atoms with Crippen molar-refractivity contribution in [2.75, 3.05) is 12.4 Å². The van der Waals surface area contributed by atoms with Gasteiger partial charge in [-0.05, 0) is 62.1 Å². The molecule has 0 spiro atoms. The minimum absolute atomic E-state index is 0.0920. The summed E-state index contributed by atoms with van der Waals surface area (Å²) in [7, 11) is 3.67. The van der Waals surface area contributed by atoms with E-state index < -0.39 is 5.41 Å². The van der Waals surface area contributed by atoms with Crippen LogP contribution >= 0.6 is 0 Å². The van der Waals surface area contributed by atoms with Crippen molar-refractivity contribution in [3.8, 4) is 0 Å². The van der Waals surface area contributed by atoms with Crippen LogP contribution < -0.4 is 9.88 Å². The molecule has 1 heterocycles. The normalized spacial score (nSPS) is 19.8. The molecule has 5 heteroatoms. The lowest BCUT2D eigenvalue weighted by Gasteiger charge is -2.26. The van der Waals surface area contributed by atoms with E-state index in [4.69, 9.17) is 9.72 Å². The molecule has 0 unspecified atom stereocenters. The van der Waals surface area contributed by atoms with Crippen LogP contribution in [-0.2, 0) is 41.3 Å². The lowest BCUT2D eigenvalue weighted by molar-refractivity contribution is -0.668. The van der Waals surface area contributed by atoms with Gasteiger partial charge < -0.3 is 4.74 Å². The lowest BCUT2D eigenvalue weighted by atomic mass is 9.79. The Morgan fingerprint density at radius 3 is 2.50 bits per heavy atom. The zero-order chi connectivity index (χ0) is 22.1. The lowest BCUT2D eigenvalue weighted by Crippen LogP contribution is -2.40. The first kappa shape index (κ1) is 21.4. The molecular weight excluding hydrogens is 398 g/mol. The minimum Gasteiger partial charge on any atom is -0.468 e. The average Bonchev–Trinajstić information content (AvgIpc) is 3.59. The predicted octanol–water partition coefficient (Wildman–Crippen LogP) is 4.86. The molecule has 0 bridgehead atoms. The summed E-state index contributed by atoms with van der Waals surface area (Å²) in [6.07, 6.45) is 13.8. The van der Waals surface area contributed by atoms with E-state index in [1.54, 1.807) is 0 Å². The number of carbonyl (C=O) groups is 1. The van der Waals surface area contributed by atoms with Gasteiger partial charge in [0.25, 0.3) is 0 Å². The van der Waals surface area contributed by atoms with E-state index in [-0.39, 0.29) is 5.97 Å². The van der Waals surface area contributed by atoms with Crippen molar-refractivity contribution in [2.24, 2.45) is 13.0 Å². The summed E-state index contributed by atoms with van der Waals surface area (Å²) in [6.45, 7) is 0. The summed E-state index contributed by atoms with van der Waals surface area (Å²) in [5.74, 6) is 3.09. The number of nitrogens with one attached hydrogen (secondary N) is 1. The van der Waals surface area contributed by atoms with Gasteiger partial charge in [0.2, 0.25) is 11.6 Å². The second kappa shape index (κ2) is 8.84. The van der Waals surface area contributed by atoms with Crippen molar-refractivity contribution < 1.29 is 14.1 Å². The van der Waals surface area contributed by atoms with E-state index in [0.29, 0.717) is 0 Å². The molecule has 0 aliphatic heterocycles. The van der Waals surface area contributed by atoms with Crippen LogP contribution in [0.3, 0.4) is 0 Å². The average molecular weight is 435 g/mol. The molecule has 1 N–H and O–H groups in total. The summed E-state index contributed by atoms with van der Waals surface area (Å²) in [5, 5.41) is 3.72. The van der Waals surface area contributed by atoms with Crippen LogP contribution in [-0.4, -0.2) is 18.1 Å². The van der Waals surface area contributed by atoms with Gasteiger partial charge in [-0.15, -0.1) is 4.98 Å². The highest BCUT2D eigenvalue weighted by molar-refractivity contribution is 5.83. The molecule has 0 atom stereocenters. The summed E-state index contributed by atoms with van der Waals surface area (Å²) >= 11 is 0. The Morgan fingerprint density at radius 1 is 1.09 bits per heavy atom. The Labute approximate surface area is 191 Å². The fraction of sp³-hybridized carbons (Fsp3) is 0.593. The molecule has 2 aromatic rings. The molecule has 170 valence electrons. The molecular formula is C27H36N3O2+. The molecule has 2 fully saturated rings. The highest BCUT2D eigenvalue weighted by Gasteiger charge is 2.43. The van der Waals surface area contributed by atoms with Crippen molar-refractivity contribution in [1.29, 1.82) is 0 Å². The zero-order valence-electron chi connectivity index (χ0n) is 19.6. The Kier molecular flexibility index (Phi) is 5.92. The third-order valence-electron chi connectivity index (χ3n) is 8.14. The van der Waals surface area contributed by atoms with Crippen LogP contribution in [0, 0.1) is 5.92 Å². The van der Waals surface area contributed by atoms with Gasteiger partial charge in [-0.25, -0.2) is 4.57 Å². The second-order valence-electron chi connectivity index (χ2n) is 10.1. The van der Waals surface area contributed by atoms with Gasteiger partial charge in [-0.2, -0.15) is 0 Å². The van der Waals surface area contributed by atoms with E-state index in [9.17, 15) is 4.79 Å². The van der Waals surface area contributed by atoms with E-state index in [1.165, 1.54) is 62.1 Å². The molecule has 5 nitrogen and oxygen atoms in total. The number of anilines is 2. The van der Waals surface area contributed by atoms with Gasteiger partial charge >= 0.3 is 5.97 Å². The topological polar surface area (TPSA) is 55.1 Å².